The highest BCUT2D eigenvalue weighted by Crippen LogP contribution is 2.41. The van der Waals surface area contributed by atoms with Crippen LogP contribution < -0.4 is 32.1 Å². The highest BCUT2D eigenvalue weighted by Gasteiger charge is 2.35. The van der Waals surface area contributed by atoms with E-state index in [1.54, 1.807) is 6.92 Å². The molecular formula is C34H37F2N7O6. The molecule has 6 rings (SSSR count). The van der Waals surface area contributed by atoms with Crippen LogP contribution in [0.15, 0.2) is 54.8 Å². The summed E-state index contributed by atoms with van der Waals surface area (Å²) < 4.78 is 41.8. The van der Waals surface area contributed by atoms with Crippen molar-refractivity contribution < 1.29 is 27.2 Å². The van der Waals surface area contributed by atoms with Gasteiger partial charge >= 0.3 is 17.3 Å². The van der Waals surface area contributed by atoms with Crippen LogP contribution in [0.4, 0.5) is 31.0 Å². The van der Waals surface area contributed by atoms with E-state index in [-0.39, 0.29) is 57.4 Å². The summed E-state index contributed by atoms with van der Waals surface area (Å²) in [6.07, 6.45) is 1.29. The number of halogens is 2. The predicted molar refractivity (Wildman–Crippen MR) is 180 cm³/mol. The van der Waals surface area contributed by atoms with E-state index >= 15 is 8.78 Å². The van der Waals surface area contributed by atoms with E-state index in [4.69, 9.17) is 13.8 Å². The zero-order chi connectivity index (χ0) is 35.2. The van der Waals surface area contributed by atoms with Crippen molar-refractivity contribution in [2.75, 3.05) is 42.9 Å². The molecule has 13 nitrogen and oxygen atoms in total. The number of aromatic nitrogens is 2. The lowest BCUT2D eigenvalue weighted by Gasteiger charge is -2.31. The first-order chi connectivity index (χ1) is 23.6. The molecule has 0 saturated carbocycles. The third kappa shape index (κ3) is 7.36. The fourth-order valence-corrected chi connectivity index (χ4v) is 5.54. The van der Waals surface area contributed by atoms with Crippen LogP contribution in [0, 0.1) is 18.6 Å². The number of benzene rings is 2. The van der Waals surface area contributed by atoms with Gasteiger partial charge in [-0.1, -0.05) is 26.8 Å². The van der Waals surface area contributed by atoms with Gasteiger partial charge in [0.25, 0.3) is 5.91 Å². The zero-order valence-corrected chi connectivity index (χ0v) is 27.6. The van der Waals surface area contributed by atoms with Gasteiger partial charge in [0.1, 0.15) is 22.9 Å². The lowest BCUT2D eigenvalue weighted by molar-refractivity contribution is 0.0954. The fourth-order valence-electron chi connectivity index (χ4n) is 5.54. The Balaban J connectivity index is 1.84. The Morgan fingerprint density at radius 3 is 2.37 bits per heavy atom. The molecule has 1 aliphatic heterocycles. The second-order valence-corrected chi connectivity index (χ2v) is 11.3. The van der Waals surface area contributed by atoms with Gasteiger partial charge in [0.2, 0.25) is 5.95 Å². The number of carbonyl (C=O) groups excluding carboxylic acids is 2. The molecule has 4 heterocycles. The van der Waals surface area contributed by atoms with Gasteiger partial charge in [-0.05, 0) is 57.6 Å². The molecule has 3 amide bonds. The van der Waals surface area contributed by atoms with Gasteiger partial charge in [0, 0.05) is 36.3 Å². The molecular weight excluding hydrogens is 640 g/mol. The normalized spacial score (nSPS) is 12.6. The quantitative estimate of drug-likeness (QED) is 0.174. The van der Waals surface area contributed by atoms with E-state index in [0.717, 1.165) is 48.8 Å². The molecule has 2 aromatic carbocycles. The van der Waals surface area contributed by atoms with E-state index < -0.39 is 40.5 Å². The number of hydrogen-bond donors (Lipinski definition) is 3. The maximum Gasteiger partial charge on any atom is 0.336 e. The molecule has 0 radical (unpaired) electrons. The average Bonchev–Trinajstić information content (AvgIpc) is 3.08. The Morgan fingerprint density at radius 1 is 1.00 bits per heavy atom. The van der Waals surface area contributed by atoms with Crippen LogP contribution in [0.3, 0.4) is 0 Å². The molecule has 0 spiro atoms. The Morgan fingerprint density at radius 2 is 1.69 bits per heavy atom. The summed E-state index contributed by atoms with van der Waals surface area (Å²) in [5.74, 6) is -2.80. The van der Waals surface area contributed by atoms with Gasteiger partial charge in [0.15, 0.2) is 11.4 Å². The SMILES string of the molecule is CCCNC(=O)c1cc2oc(=O)ccc(=O)oc1c(-c1nc(NCCCN(CC)CC)nc3c1CNC(=O)N3c1c(F)cccc1F)c2C. The summed E-state index contributed by atoms with van der Waals surface area (Å²) in [6.45, 7) is 10.5. The van der Waals surface area contributed by atoms with Crippen LogP contribution in [-0.4, -0.2) is 59.5 Å². The van der Waals surface area contributed by atoms with E-state index in [0.29, 0.717) is 25.9 Å². The Hall–Kier alpha value is -5.44. The monoisotopic (exact) mass is 677 g/mol. The molecule has 3 aromatic heterocycles. The maximum atomic E-state index is 15.2. The van der Waals surface area contributed by atoms with Gasteiger partial charge in [-0.25, -0.2) is 33.0 Å². The average molecular weight is 678 g/mol. The maximum absolute atomic E-state index is 15.2. The number of hydrogen-bond acceptors (Lipinski definition) is 10. The van der Waals surface area contributed by atoms with Crippen molar-refractivity contribution in [1.29, 1.82) is 0 Å². The summed E-state index contributed by atoms with van der Waals surface area (Å²) >= 11 is 0. The minimum atomic E-state index is -1.01. The molecule has 2 bridgehead atoms. The van der Waals surface area contributed by atoms with Crippen molar-refractivity contribution in [3.05, 3.63) is 85.6 Å². The highest BCUT2D eigenvalue weighted by molar-refractivity contribution is 6.08. The number of rotatable bonds is 12. The third-order valence-electron chi connectivity index (χ3n) is 8.08. The van der Waals surface area contributed by atoms with Gasteiger partial charge < -0.3 is 29.7 Å². The second kappa shape index (κ2) is 15.2. The summed E-state index contributed by atoms with van der Waals surface area (Å²) in [4.78, 5) is 64.8. The van der Waals surface area contributed by atoms with Crippen LogP contribution in [-0.2, 0) is 6.54 Å². The molecule has 3 N–H and O–H groups in total. The molecule has 0 saturated heterocycles. The minimum absolute atomic E-state index is 0.00667. The van der Waals surface area contributed by atoms with Crippen LogP contribution in [0.25, 0.3) is 22.4 Å². The van der Waals surface area contributed by atoms with Crippen molar-refractivity contribution in [1.82, 2.24) is 25.5 Å². The number of carbonyl (C=O) groups is 2. The van der Waals surface area contributed by atoms with Crippen molar-refractivity contribution >= 4 is 40.6 Å². The third-order valence-corrected chi connectivity index (χ3v) is 8.08. The first kappa shape index (κ1) is 34.9. The summed E-state index contributed by atoms with van der Waals surface area (Å²) in [5.41, 5.74) is -2.30. The van der Waals surface area contributed by atoms with E-state index in [2.05, 4.69) is 39.7 Å². The van der Waals surface area contributed by atoms with Crippen molar-refractivity contribution in [2.45, 2.75) is 47.1 Å². The van der Waals surface area contributed by atoms with Gasteiger partial charge in [-0.3, -0.25) is 4.79 Å². The number of fused-ring (bicyclic) bond motifs is 8. The molecule has 0 unspecified atom stereocenters. The highest BCUT2D eigenvalue weighted by atomic mass is 19.1. The van der Waals surface area contributed by atoms with Crippen LogP contribution in [0.2, 0.25) is 0 Å². The van der Waals surface area contributed by atoms with Crippen LogP contribution in [0.5, 0.6) is 0 Å². The molecule has 258 valence electrons. The Kier molecular flexibility index (Phi) is 10.8. The van der Waals surface area contributed by atoms with Crippen molar-refractivity contribution in [2.24, 2.45) is 0 Å². The predicted octanol–water partition coefficient (Wildman–Crippen LogP) is 5.00. The number of nitrogens with zero attached hydrogens (tertiary/aromatic N) is 4. The lowest BCUT2D eigenvalue weighted by atomic mass is 9.96. The van der Waals surface area contributed by atoms with Crippen LogP contribution >= 0.6 is 0 Å². The van der Waals surface area contributed by atoms with E-state index in [1.165, 1.54) is 12.1 Å². The first-order valence-electron chi connectivity index (χ1n) is 16.0. The minimum Gasteiger partial charge on any atom is -0.423 e. The largest absolute Gasteiger partial charge is 0.423 e. The number of amides is 3. The standard InChI is InChI=1S/C34H37F2N7O6/c1-5-14-37-32(46)20-17-24-19(4)27(30(20)49-26(45)13-12-25(44)48-24)28-21-18-39-34(47)43(29-22(35)10-8-11-23(29)36)31(21)41-33(40-28)38-15-9-16-42(6-2)7-3/h8,10-13,17H,5-7,9,14-16,18H2,1-4H3,(H,37,46)(H,39,47)(H,38,40,41). The second-order valence-electron chi connectivity index (χ2n) is 11.3. The molecule has 49 heavy (non-hydrogen) atoms. The van der Waals surface area contributed by atoms with Crippen LogP contribution in [0.1, 0.15) is 55.1 Å². The smallest absolute Gasteiger partial charge is 0.336 e. The van der Waals surface area contributed by atoms with Crippen molar-refractivity contribution in [3.63, 3.8) is 0 Å². The number of para-hydroxylation sites is 1. The van der Waals surface area contributed by atoms with E-state index in [9.17, 15) is 19.2 Å². The topological polar surface area (TPSA) is 163 Å². The number of aryl methyl sites for hydroxylation is 1. The zero-order valence-electron chi connectivity index (χ0n) is 27.6. The van der Waals surface area contributed by atoms with E-state index in [1.807, 2.05) is 6.92 Å². The van der Waals surface area contributed by atoms with Gasteiger partial charge in [0.05, 0.1) is 23.4 Å². The molecule has 1 aliphatic rings. The fraction of sp³-hybridized carbons (Fsp3) is 0.353. The van der Waals surface area contributed by atoms with Gasteiger partial charge in [-0.15, -0.1) is 0 Å². The Bertz CT molecular complexity index is 2020. The number of nitrogens with one attached hydrogen (secondary N) is 3. The summed E-state index contributed by atoms with van der Waals surface area (Å²) in [5, 5.41) is 8.51. The number of anilines is 3. The Labute approximate surface area is 280 Å². The lowest BCUT2D eigenvalue weighted by Crippen LogP contribution is -2.43. The summed E-state index contributed by atoms with van der Waals surface area (Å²) in [6, 6.07) is 5.42. The van der Waals surface area contributed by atoms with Crippen molar-refractivity contribution in [3.8, 4) is 11.3 Å². The molecule has 0 atom stereocenters. The number of urea groups is 1. The molecule has 0 aliphatic carbocycles. The first-order valence-corrected chi connectivity index (χ1v) is 16.0. The molecule has 5 aromatic rings. The molecule has 0 fully saturated rings. The summed E-state index contributed by atoms with van der Waals surface area (Å²) in [7, 11) is 0. The molecule has 15 heteroatoms. The van der Waals surface area contributed by atoms with Gasteiger partial charge in [-0.2, -0.15) is 4.98 Å².